The summed E-state index contributed by atoms with van der Waals surface area (Å²) >= 11 is 5.76. The molecule has 0 bridgehead atoms. The number of hydrogen-bond donors (Lipinski definition) is 1. The van der Waals surface area contributed by atoms with Crippen molar-refractivity contribution in [2.45, 2.75) is 34.6 Å². The van der Waals surface area contributed by atoms with E-state index in [1.807, 2.05) is 27.7 Å². The van der Waals surface area contributed by atoms with Gasteiger partial charge in [-0.3, -0.25) is 9.59 Å². The van der Waals surface area contributed by atoms with Crippen molar-refractivity contribution in [3.8, 4) is 5.69 Å². The van der Waals surface area contributed by atoms with Crippen molar-refractivity contribution in [3.63, 3.8) is 0 Å². The summed E-state index contributed by atoms with van der Waals surface area (Å²) in [4.78, 5) is 23.7. The van der Waals surface area contributed by atoms with E-state index in [1.54, 1.807) is 12.1 Å². The molecule has 0 aliphatic carbocycles. The number of hydrogen-bond acceptors (Lipinski definition) is 7. The van der Waals surface area contributed by atoms with Crippen LogP contribution in [0.25, 0.3) is 5.69 Å². The molecule has 1 amide bonds. The molecule has 3 aromatic rings. The Morgan fingerprint density at radius 2 is 1.56 bits per heavy atom. The maximum Gasteiger partial charge on any atom is 0.251 e. The molecule has 0 saturated heterocycles. The lowest BCUT2D eigenvalue weighted by Crippen LogP contribution is -2.15. The van der Waals surface area contributed by atoms with Gasteiger partial charge in [0.1, 0.15) is 5.82 Å². The molecule has 0 saturated carbocycles. The lowest BCUT2D eigenvalue weighted by Gasteiger charge is -2.14. The molecular formula is C23H29ClFN7O2. The van der Waals surface area contributed by atoms with Crippen LogP contribution < -0.4 is 10.9 Å². The number of nitrogens with two attached hydrogens (primary N) is 1. The van der Waals surface area contributed by atoms with E-state index in [0.717, 1.165) is 11.2 Å². The van der Waals surface area contributed by atoms with Crippen LogP contribution in [0.3, 0.4) is 0 Å². The average molecular weight is 490 g/mol. The number of aromatic nitrogens is 3. The van der Waals surface area contributed by atoms with Crippen molar-refractivity contribution in [2.75, 3.05) is 5.12 Å². The summed E-state index contributed by atoms with van der Waals surface area (Å²) in [5.74, 6) is -1.33. The maximum atomic E-state index is 12.9. The van der Waals surface area contributed by atoms with Gasteiger partial charge in [0.15, 0.2) is 5.78 Å². The second-order valence-electron chi connectivity index (χ2n) is 5.63. The first-order chi connectivity index (χ1) is 16.3. The quantitative estimate of drug-likeness (QED) is 0.292. The highest BCUT2D eigenvalue weighted by Crippen LogP contribution is 2.22. The summed E-state index contributed by atoms with van der Waals surface area (Å²) in [6.07, 6.45) is 3.03. The van der Waals surface area contributed by atoms with Crippen LogP contribution in [0.2, 0.25) is 5.02 Å². The second kappa shape index (κ2) is 15.8. The van der Waals surface area contributed by atoms with Gasteiger partial charge in [-0.1, -0.05) is 39.3 Å². The third-order valence-electron chi connectivity index (χ3n) is 3.68. The van der Waals surface area contributed by atoms with Crippen molar-refractivity contribution in [2.24, 2.45) is 15.9 Å². The van der Waals surface area contributed by atoms with Crippen molar-refractivity contribution in [1.29, 1.82) is 0 Å². The van der Waals surface area contributed by atoms with Crippen molar-refractivity contribution in [1.82, 2.24) is 15.0 Å². The normalized spacial score (nSPS) is 9.03. The van der Waals surface area contributed by atoms with E-state index in [4.69, 9.17) is 17.3 Å². The molecular weight excluding hydrogens is 461 g/mol. The Kier molecular flexibility index (Phi) is 14.0. The number of benzene rings is 2. The molecule has 1 heterocycles. The molecule has 34 heavy (non-hydrogen) atoms. The van der Waals surface area contributed by atoms with Gasteiger partial charge in [-0.05, 0) is 43.3 Å². The van der Waals surface area contributed by atoms with E-state index in [2.05, 4.69) is 33.8 Å². The lowest BCUT2D eigenvalue weighted by atomic mass is 10.1. The molecule has 2 N–H and O–H groups in total. The first-order valence-corrected chi connectivity index (χ1v) is 10.7. The van der Waals surface area contributed by atoms with Gasteiger partial charge in [-0.25, -0.2) is 4.39 Å². The topological polar surface area (TPSA) is 119 Å². The van der Waals surface area contributed by atoms with E-state index in [-0.39, 0.29) is 11.3 Å². The Labute approximate surface area is 203 Å². The molecule has 0 aliphatic rings. The van der Waals surface area contributed by atoms with E-state index in [9.17, 15) is 14.0 Å². The highest BCUT2D eigenvalue weighted by Gasteiger charge is 2.13. The largest absolute Gasteiger partial charge is 0.366 e. The Morgan fingerprint density at radius 3 is 2.03 bits per heavy atom. The summed E-state index contributed by atoms with van der Waals surface area (Å²) < 4.78 is 12.9. The molecule has 0 aliphatic heterocycles. The molecule has 9 nitrogen and oxygen atoms in total. The monoisotopic (exact) mass is 489 g/mol. The van der Waals surface area contributed by atoms with E-state index in [0.29, 0.717) is 22.0 Å². The predicted octanol–water partition coefficient (Wildman–Crippen LogP) is 5.14. The lowest BCUT2D eigenvalue weighted by molar-refractivity contribution is 0.0996. The predicted molar refractivity (Wildman–Crippen MR) is 136 cm³/mol. The average Bonchev–Trinajstić information content (AvgIpc) is 3.38. The highest BCUT2D eigenvalue weighted by molar-refractivity contribution is 6.31. The fourth-order valence-corrected chi connectivity index (χ4v) is 2.55. The zero-order valence-electron chi connectivity index (χ0n) is 19.9. The molecule has 0 radical (unpaired) electrons. The van der Waals surface area contributed by atoms with E-state index >= 15 is 0 Å². The van der Waals surface area contributed by atoms with Crippen LogP contribution in [0, 0.1) is 5.82 Å². The van der Waals surface area contributed by atoms with Crippen molar-refractivity contribution >= 4 is 42.4 Å². The number of ketones is 1. The van der Waals surface area contributed by atoms with Gasteiger partial charge in [0.05, 0.1) is 29.3 Å². The molecule has 0 fully saturated rings. The third kappa shape index (κ3) is 8.55. The zero-order chi connectivity index (χ0) is 26.3. The van der Waals surface area contributed by atoms with Crippen molar-refractivity contribution < 1.29 is 14.0 Å². The summed E-state index contributed by atoms with van der Waals surface area (Å²) in [5.41, 5.74) is 6.57. The SMILES string of the molecule is C=NN(N=C)c1ccc(F)cc1C(C)=O.CC.CC.NC(=O)c1cc(Cl)ccc1-n1nccn1. The number of hydrazone groups is 2. The number of anilines is 1. The minimum atomic E-state index is -0.565. The van der Waals surface area contributed by atoms with Crippen LogP contribution in [-0.2, 0) is 0 Å². The number of nitrogens with zero attached hydrogens (tertiary/aromatic N) is 6. The standard InChI is InChI=1S/C10H10FN3O.C9H7ClN4O.2C2H6/c1-7(15)9-6-8(11)4-5-10(9)14(12-2)13-3;10-6-1-2-8(7(5-6)9(11)15)14-12-3-4-13-14;2*1-2/h4-6H,2-3H2,1H3;1-5H,(H2,11,15);2*1-2H3. The van der Waals surface area contributed by atoms with Crippen LogP contribution in [0.4, 0.5) is 10.1 Å². The fraction of sp³-hybridized carbons (Fsp3) is 0.217. The molecule has 0 atom stereocenters. The minimum Gasteiger partial charge on any atom is -0.366 e. The summed E-state index contributed by atoms with van der Waals surface area (Å²) in [5, 5.41) is 16.4. The second-order valence-corrected chi connectivity index (χ2v) is 6.07. The van der Waals surface area contributed by atoms with E-state index < -0.39 is 11.7 Å². The Hall–Kier alpha value is -3.92. The highest BCUT2D eigenvalue weighted by atomic mass is 35.5. The zero-order valence-corrected chi connectivity index (χ0v) is 20.6. The molecule has 1 aromatic heterocycles. The van der Waals surface area contributed by atoms with Crippen LogP contribution >= 0.6 is 11.6 Å². The van der Waals surface area contributed by atoms with Gasteiger partial charge >= 0.3 is 0 Å². The van der Waals surface area contributed by atoms with Gasteiger partial charge in [0.2, 0.25) is 0 Å². The Bertz CT molecular complexity index is 1080. The molecule has 0 unspecified atom stereocenters. The smallest absolute Gasteiger partial charge is 0.251 e. The molecule has 11 heteroatoms. The number of primary amides is 1. The molecule has 3 rings (SSSR count). The number of Topliss-reactive ketones (excluding diaryl/α,β-unsaturated/α-hetero) is 1. The number of carbonyl (C=O) groups is 2. The summed E-state index contributed by atoms with van der Waals surface area (Å²) in [6.45, 7) is 15.9. The van der Waals surface area contributed by atoms with Crippen LogP contribution in [0.1, 0.15) is 55.3 Å². The van der Waals surface area contributed by atoms with Gasteiger partial charge in [-0.2, -0.15) is 30.3 Å². The maximum absolute atomic E-state index is 12.9. The minimum absolute atomic E-state index is 0.190. The van der Waals surface area contributed by atoms with Crippen LogP contribution in [-0.4, -0.2) is 40.1 Å². The fourth-order valence-electron chi connectivity index (χ4n) is 2.38. The number of carbonyl (C=O) groups excluding carboxylic acids is 2. The van der Waals surface area contributed by atoms with Gasteiger partial charge < -0.3 is 5.73 Å². The molecule has 182 valence electrons. The number of halogens is 2. The van der Waals surface area contributed by atoms with Crippen molar-refractivity contribution in [3.05, 3.63) is 70.8 Å². The summed E-state index contributed by atoms with van der Waals surface area (Å²) in [7, 11) is 0. The van der Waals surface area contributed by atoms with Crippen LogP contribution in [0.5, 0.6) is 0 Å². The first kappa shape index (κ1) is 30.1. The van der Waals surface area contributed by atoms with Gasteiger partial charge in [0.25, 0.3) is 5.91 Å². The van der Waals surface area contributed by atoms with Gasteiger partial charge in [0, 0.05) is 24.0 Å². The molecule has 2 aromatic carbocycles. The number of amides is 1. The Morgan fingerprint density at radius 1 is 1.00 bits per heavy atom. The Balaban J connectivity index is 0.000000559. The summed E-state index contributed by atoms with van der Waals surface area (Å²) in [6, 6.07) is 8.51. The molecule has 0 spiro atoms. The van der Waals surface area contributed by atoms with Crippen LogP contribution in [0.15, 0.2) is 59.0 Å². The van der Waals surface area contributed by atoms with Gasteiger partial charge in [-0.15, -0.1) is 0 Å². The first-order valence-electron chi connectivity index (χ1n) is 10.3. The van der Waals surface area contributed by atoms with E-state index in [1.165, 1.54) is 42.3 Å². The third-order valence-corrected chi connectivity index (χ3v) is 3.91. The number of rotatable bonds is 6.